The Morgan fingerprint density at radius 3 is 2.35 bits per heavy atom. The number of anilines is 3. The molecule has 4 rings (SSSR count). The maximum Gasteiger partial charge on any atom is 0.412 e. The molecular weight excluding hydrogens is 468 g/mol. The second-order valence-electron chi connectivity index (χ2n) is 9.89. The second-order valence-corrected chi connectivity index (χ2v) is 9.89. The molecule has 192 valence electrons. The molecule has 0 radical (unpaired) electrons. The number of carbonyl (C=O) groups is 3. The number of rotatable bonds is 5. The molecule has 1 heterocycles. The number of hydrogen-bond acceptors (Lipinski definition) is 4. The van der Waals surface area contributed by atoms with Crippen molar-refractivity contribution in [3.05, 3.63) is 90.0 Å². The average molecular weight is 501 g/mol. The van der Waals surface area contributed by atoms with E-state index in [2.05, 4.69) is 16.0 Å². The highest BCUT2D eigenvalue weighted by atomic mass is 16.6. The molecular formula is C29H32N4O4. The zero-order chi connectivity index (χ0) is 26.4. The molecule has 8 nitrogen and oxygen atoms in total. The molecule has 0 aliphatic carbocycles. The number of fused-ring (bicyclic) bond motifs is 1. The van der Waals surface area contributed by atoms with E-state index in [0.717, 1.165) is 16.8 Å². The normalized spacial score (nSPS) is 15.3. The summed E-state index contributed by atoms with van der Waals surface area (Å²) >= 11 is 0. The van der Waals surface area contributed by atoms with Crippen LogP contribution in [0.25, 0.3) is 0 Å². The first-order valence-electron chi connectivity index (χ1n) is 12.3. The Morgan fingerprint density at radius 2 is 1.59 bits per heavy atom. The van der Waals surface area contributed by atoms with Gasteiger partial charge in [-0.05, 0) is 69.0 Å². The molecule has 3 aromatic rings. The topological polar surface area (TPSA) is 99.8 Å². The summed E-state index contributed by atoms with van der Waals surface area (Å²) in [5.41, 5.74) is 3.10. The van der Waals surface area contributed by atoms with E-state index in [0.29, 0.717) is 24.2 Å². The van der Waals surface area contributed by atoms with Crippen LogP contribution in [0.2, 0.25) is 0 Å². The molecule has 0 saturated heterocycles. The van der Waals surface area contributed by atoms with Crippen LogP contribution in [0, 0.1) is 0 Å². The quantitative estimate of drug-likeness (QED) is 0.418. The van der Waals surface area contributed by atoms with Crippen LogP contribution < -0.4 is 20.9 Å². The van der Waals surface area contributed by atoms with E-state index in [-0.39, 0.29) is 12.5 Å². The van der Waals surface area contributed by atoms with Crippen LogP contribution in [0.3, 0.4) is 0 Å². The fraction of sp³-hybridized carbons (Fsp3) is 0.276. The molecule has 0 saturated carbocycles. The number of urea groups is 1. The molecule has 0 bridgehead atoms. The van der Waals surface area contributed by atoms with Crippen molar-refractivity contribution >= 4 is 35.1 Å². The maximum atomic E-state index is 13.8. The van der Waals surface area contributed by atoms with Gasteiger partial charge in [-0.1, -0.05) is 54.6 Å². The number of ether oxygens (including phenoxy) is 1. The van der Waals surface area contributed by atoms with Gasteiger partial charge in [-0.25, -0.2) is 9.59 Å². The van der Waals surface area contributed by atoms with Crippen LogP contribution in [-0.4, -0.2) is 29.7 Å². The van der Waals surface area contributed by atoms with Crippen molar-refractivity contribution in [2.75, 3.05) is 15.5 Å². The monoisotopic (exact) mass is 500 g/mol. The first kappa shape index (κ1) is 25.8. The predicted octanol–water partition coefficient (Wildman–Crippen LogP) is 5.70. The zero-order valence-corrected chi connectivity index (χ0v) is 21.3. The summed E-state index contributed by atoms with van der Waals surface area (Å²) in [6.45, 7) is 5.60. The summed E-state index contributed by atoms with van der Waals surface area (Å²) in [6, 6.07) is 22.9. The van der Waals surface area contributed by atoms with Gasteiger partial charge in [0.25, 0.3) is 0 Å². The minimum absolute atomic E-state index is 0.209. The summed E-state index contributed by atoms with van der Waals surface area (Å²) in [7, 11) is 0. The van der Waals surface area contributed by atoms with Crippen LogP contribution in [0.1, 0.15) is 38.3 Å². The van der Waals surface area contributed by atoms with Gasteiger partial charge in [0, 0.05) is 17.1 Å². The molecule has 8 heteroatoms. The molecule has 1 atom stereocenters. The van der Waals surface area contributed by atoms with Crippen molar-refractivity contribution < 1.29 is 19.1 Å². The first-order valence-corrected chi connectivity index (χ1v) is 12.3. The Labute approximate surface area is 217 Å². The smallest absolute Gasteiger partial charge is 0.412 e. The Hall–Kier alpha value is -4.33. The van der Waals surface area contributed by atoms with Crippen molar-refractivity contribution in [3.63, 3.8) is 0 Å². The maximum absolute atomic E-state index is 13.8. The van der Waals surface area contributed by atoms with Crippen LogP contribution in [-0.2, 0) is 22.5 Å². The fourth-order valence-corrected chi connectivity index (χ4v) is 4.22. The van der Waals surface area contributed by atoms with Crippen molar-refractivity contribution in [1.29, 1.82) is 0 Å². The number of carbonyl (C=O) groups excluding carboxylic acids is 3. The molecule has 37 heavy (non-hydrogen) atoms. The lowest BCUT2D eigenvalue weighted by Crippen LogP contribution is -2.49. The van der Waals surface area contributed by atoms with Crippen molar-refractivity contribution in [3.8, 4) is 0 Å². The highest BCUT2D eigenvalue weighted by Gasteiger charge is 2.32. The number of nitrogens with zero attached hydrogens (tertiary/aromatic N) is 1. The summed E-state index contributed by atoms with van der Waals surface area (Å²) in [4.78, 5) is 40.6. The van der Waals surface area contributed by atoms with Crippen LogP contribution in [0.4, 0.5) is 26.7 Å². The Bertz CT molecular complexity index is 1270. The predicted molar refractivity (Wildman–Crippen MR) is 145 cm³/mol. The van der Waals surface area contributed by atoms with Crippen LogP contribution in [0.5, 0.6) is 0 Å². The zero-order valence-electron chi connectivity index (χ0n) is 21.3. The lowest BCUT2D eigenvalue weighted by molar-refractivity contribution is -0.120. The van der Waals surface area contributed by atoms with E-state index in [1.807, 2.05) is 60.7 Å². The highest BCUT2D eigenvalue weighted by molar-refractivity contribution is 6.02. The van der Waals surface area contributed by atoms with E-state index < -0.39 is 23.8 Å². The fourth-order valence-electron chi connectivity index (χ4n) is 4.22. The van der Waals surface area contributed by atoms with Gasteiger partial charge >= 0.3 is 12.1 Å². The van der Waals surface area contributed by atoms with Gasteiger partial charge in [-0.15, -0.1) is 0 Å². The molecule has 1 aliphatic heterocycles. The summed E-state index contributed by atoms with van der Waals surface area (Å²) in [5.74, 6) is -0.222. The molecule has 1 aliphatic rings. The summed E-state index contributed by atoms with van der Waals surface area (Å²) in [6.07, 6.45) is 0.526. The standard InChI is InChI=1S/C29H32N4O4/c1-29(2,3)37-28(36)32-23-15-9-7-12-21(23)19-33-25-16-10-8-11-20(25)17-18-24(26(33)34)31-27(35)30-22-13-5-4-6-14-22/h4-16,24H,17-19H2,1-3H3,(H,32,36)(H2,30,31,35). The van der Waals surface area contributed by atoms with Gasteiger partial charge < -0.3 is 20.3 Å². The number of para-hydroxylation sites is 3. The number of benzene rings is 3. The molecule has 0 fully saturated rings. The Kier molecular flexibility index (Phi) is 7.77. The second kappa shape index (κ2) is 11.2. The number of amides is 4. The van der Waals surface area contributed by atoms with Crippen molar-refractivity contribution in [2.24, 2.45) is 0 Å². The third-order valence-corrected chi connectivity index (χ3v) is 5.87. The largest absolute Gasteiger partial charge is 0.444 e. The number of nitrogens with one attached hydrogen (secondary N) is 3. The van der Waals surface area contributed by atoms with Crippen molar-refractivity contribution in [2.45, 2.75) is 51.8 Å². The number of hydrogen-bond donors (Lipinski definition) is 3. The van der Waals surface area contributed by atoms with Crippen LogP contribution in [0.15, 0.2) is 78.9 Å². The van der Waals surface area contributed by atoms with E-state index in [4.69, 9.17) is 4.74 Å². The molecule has 4 amide bonds. The Morgan fingerprint density at radius 1 is 0.919 bits per heavy atom. The van der Waals surface area contributed by atoms with E-state index in [9.17, 15) is 14.4 Å². The van der Waals surface area contributed by atoms with E-state index in [1.165, 1.54) is 0 Å². The van der Waals surface area contributed by atoms with E-state index in [1.54, 1.807) is 43.9 Å². The highest BCUT2D eigenvalue weighted by Crippen LogP contribution is 2.30. The molecule has 0 aromatic heterocycles. The summed E-state index contributed by atoms with van der Waals surface area (Å²) < 4.78 is 5.41. The van der Waals surface area contributed by atoms with Crippen LogP contribution >= 0.6 is 0 Å². The lowest BCUT2D eigenvalue weighted by Gasteiger charge is -2.27. The minimum Gasteiger partial charge on any atom is -0.444 e. The molecule has 0 spiro atoms. The van der Waals surface area contributed by atoms with Gasteiger partial charge in [0.1, 0.15) is 11.6 Å². The molecule has 3 N–H and O–H groups in total. The Balaban J connectivity index is 1.57. The van der Waals surface area contributed by atoms with Gasteiger partial charge in [0.15, 0.2) is 0 Å². The van der Waals surface area contributed by atoms with Gasteiger partial charge in [0.2, 0.25) is 5.91 Å². The third kappa shape index (κ3) is 6.88. The third-order valence-electron chi connectivity index (χ3n) is 5.87. The lowest BCUT2D eigenvalue weighted by atomic mass is 10.1. The van der Waals surface area contributed by atoms with Gasteiger partial charge in [-0.2, -0.15) is 0 Å². The van der Waals surface area contributed by atoms with Gasteiger partial charge in [0.05, 0.1) is 6.54 Å². The first-order chi connectivity index (χ1) is 17.7. The molecule has 1 unspecified atom stereocenters. The molecule has 3 aromatic carbocycles. The van der Waals surface area contributed by atoms with Gasteiger partial charge in [-0.3, -0.25) is 10.1 Å². The minimum atomic E-state index is -0.720. The average Bonchev–Trinajstić information content (AvgIpc) is 2.97. The summed E-state index contributed by atoms with van der Waals surface area (Å²) in [5, 5.41) is 8.44. The van der Waals surface area contributed by atoms with Crippen molar-refractivity contribution in [1.82, 2.24) is 5.32 Å². The number of aryl methyl sites for hydroxylation is 1. The van der Waals surface area contributed by atoms with E-state index >= 15 is 0 Å². The SMILES string of the molecule is CC(C)(C)OC(=O)Nc1ccccc1CN1C(=O)C(NC(=O)Nc2ccccc2)CCc2ccccc21.